The third kappa shape index (κ3) is 2.95. The van der Waals surface area contributed by atoms with Crippen molar-refractivity contribution in [1.82, 2.24) is 9.80 Å². The van der Waals surface area contributed by atoms with Gasteiger partial charge in [-0.1, -0.05) is 13.0 Å². The molecule has 0 bridgehead atoms. The first-order valence-corrected chi connectivity index (χ1v) is 6.67. The van der Waals surface area contributed by atoms with Crippen molar-refractivity contribution in [3.63, 3.8) is 0 Å². The summed E-state index contributed by atoms with van der Waals surface area (Å²) in [6.07, 6.45) is 7.32. The van der Waals surface area contributed by atoms with Crippen molar-refractivity contribution in [2.24, 2.45) is 4.99 Å². The molecule has 0 aromatic heterocycles. The monoisotopic (exact) mass is 283 g/mol. The van der Waals surface area contributed by atoms with Crippen LogP contribution in [0.5, 0.6) is 0 Å². The predicted molar refractivity (Wildman–Crippen MR) is 71.9 cm³/mol. The molecular formula is C12H18BrN3. The average molecular weight is 284 g/mol. The maximum absolute atomic E-state index is 4.57. The number of nitrogens with zero attached hydrogens (tertiary/aromatic N) is 3. The zero-order valence-corrected chi connectivity index (χ0v) is 11.3. The molecule has 88 valence electrons. The van der Waals surface area contributed by atoms with Gasteiger partial charge in [0.05, 0.1) is 0 Å². The minimum absolute atomic E-state index is 0.925. The summed E-state index contributed by atoms with van der Waals surface area (Å²) in [7, 11) is 0. The predicted octanol–water partition coefficient (Wildman–Crippen LogP) is 2.22. The molecule has 0 radical (unpaired) electrons. The fourth-order valence-corrected chi connectivity index (χ4v) is 2.39. The molecule has 2 heterocycles. The normalized spacial score (nSPS) is 22.8. The van der Waals surface area contributed by atoms with Crippen LogP contribution in [0.4, 0.5) is 0 Å². The fourth-order valence-electron chi connectivity index (χ4n) is 2.02. The molecule has 0 spiro atoms. The van der Waals surface area contributed by atoms with E-state index in [1.54, 1.807) is 0 Å². The second-order valence-electron chi connectivity index (χ2n) is 4.06. The molecule has 2 aliphatic rings. The molecule has 0 amide bonds. The van der Waals surface area contributed by atoms with E-state index in [1.165, 1.54) is 0 Å². The molecule has 3 nitrogen and oxygen atoms in total. The molecule has 0 saturated carbocycles. The summed E-state index contributed by atoms with van der Waals surface area (Å²) in [5, 5.41) is 0. The number of hydrogen-bond acceptors (Lipinski definition) is 3. The molecule has 0 atom stereocenters. The summed E-state index contributed by atoms with van der Waals surface area (Å²) < 4.78 is 0.925. The average Bonchev–Trinajstić information content (AvgIpc) is 2.54. The second-order valence-corrected chi connectivity index (χ2v) is 4.87. The van der Waals surface area contributed by atoms with E-state index >= 15 is 0 Å². The van der Waals surface area contributed by atoms with E-state index in [-0.39, 0.29) is 0 Å². The van der Waals surface area contributed by atoms with Crippen molar-refractivity contribution in [1.29, 1.82) is 0 Å². The standard InChI is InChI=1S/C12H18BrN3/c1-2-15-7-9-16(10-8-15)12-6-4-3-5-11(13)14-12/h3,5-6H,2,4,7-10H2,1H3. The van der Waals surface area contributed by atoms with E-state index in [0.717, 1.165) is 49.6 Å². The summed E-state index contributed by atoms with van der Waals surface area (Å²) in [6, 6.07) is 0. The van der Waals surface area contributed by atoms with Crippen LogP contribution < -0.4 is 0 Å². The third-order valence-corrected chi connectivity index (χ3v) is 3.50. The highest BCUT2D eigenvalue weighted by atomic mass is 79.9. The van der Waals surface area contributed by atoms with Crippen LogP contribution in [0.15, 0.2) is 29.0 Å². The van der Waals surface area contributed by atoms with Crippen LogP contribution in [0, 0.1) is 0 Å². The van der Waals surface area contributed by atoms with Gasteiger partial charge in [-0.05, 0) is 41.0 Å². The first kappa shape index (κ1) is 11.9. The van der Waals surface area contributed by atoms with E-state index in [9.17, 15) is 0 Å². The first-order chi connectivity index (χ1) is 7.79. The van der Waals surface area contributed by atoms with E-state index in [4.69, 9.17) is 0 Å². The van der Waals surface area contributed by atoms with Gasteiger partial charge in [0.2, 0.25) is 0 Å². The van der Waals surface area contributed by atoms with E-state index in [0.29, 0.717) is 0 Å². The number of halogens is 1. The lowest BCUT2D eigenvalue weighted by molar-refractivity contribution is 0.164. The Morgan fingerprint density at radius 3 is 2.75 bits per heavy atom. The Morgan fingerprint density at radius 1 is 1.31 bits per heavy atom. The van der Waals surface area contributed by atoms with Gasteiger partial charge in [-0.25, -0.2) is 4.99 Å². The Labute approximate surface area is 106 Å². The van der Waals surface area contributed by atoms with Crippen LogP contribution in [-0.4, -0.2) is 47.1 Å². The molecular weight excluding hydrogens is 266 g/mol. The fraction of sp³-hybridized carbons (Fsp3) is 0.583. The highest BCUT2D eigenvalue weighted by Crippen LogP contribution is 2.15. The van der Waals surface area contributed by atoms with Crippen molar-refractivity contribution in [2.45, 2.75) is 13.3 Å². The lowest BCUT2D eigenvalue weighted by Gasteiger charge is -2.35. The van der Waals surface area contributed by atoms with Gasteiger partial charge in [0.25, 0.3) is 0 Å². The molecule has 0 N–H and O–H groups in total. The van der Waals surface area contributed by atoms with Crippen molar-refractivity contribution in [2.75, 3.05) is 32.7 Å². The van der Waals surface area contributed by atoms with Gasteiger partial charge in [-0.3, -0.25) is 0 Å². The molecule has 16 heavy (non-hydrogen) atoms. The van der Waals surface area contributed by atoms with Gasteiger partial charge in [0, 0.05) is 26.2 Å². The molecule has 1 saturated heterocycles. The Hall–Kier alpha value is -0.610. The van der Waals surface area contributed by atoms with Crippen molar-refractivity contribution in [3.05, 3.63) is 24.0 Å². The maximum atomic E-state index is 4.57. The van der Waals surface area contributed by atoms with E-state index < -0.39 is 0 Å². The minimum atomic E-state index is 0.925. The zero-order valence-electron chi connectivity index (χ0n) is 9.69. The Morgan fingerprint density at radius 2 is 2.06 bits per heavy atom. The van der Waals surface area contributed by atoms with E-state index in [1.807, 2.05) is 6.08 Å². The van der Waals surface area contributed by atoms with Gasteiger partial charge in [0.1, 0.15) is 10.4 Å². The van der Waals surface area contributed by atoms with Crippen LogP contribution in [0.2, 0.25) is 0 Å². The van der Waals surface area contributed by atoms with Crippen LogP contribution in [0.25, 0.3) is 0 Å². The van der Waals surface area contributed by atoms with Gasteiger partial charge in [-0.15, -0.1) is 0 Å². The topological polar surface area (TPSA) is 18.8 Å². The summed E-state index contributed by atoms with van der Waals surface area (Å²) >= 11 is 3.46. The molecule has 0 unspecified atom stereocenters. The SMILES string of the molecule is CCN1CCN(C2=CCC=CC(Br)=N2)CC1. The van der Waals surface area contributed by atoms with E-state index in [2.05, 4.69) is 49.8 Å². The van der Waals surface area contributed by atoms with Crippen LogP contribution in [0.1, 0.15) is 13.3 Å². The molecule has 4 heteroatoms. The third-order valence-electron chi connectivity index (χ3n) is 3.06. The molecule has 2 rings (SSSR count). The summed E-state index contributed by atoms with van der Waals surface area (Å²) in [5.74, 6) is 1.12. The van der Waals surface area contributed by atoms with Crippen molar-refractivity contribution >= 4 is 20.6 Å². The minimum Gasteiger partial charge on any atom is -0.354 e. The lowest BCUT2D eigenvalue weighted by atomic mass is 10.3. The Bertz CT molecular complexity index is 325. The Balaban J connectivity index is 1.99. The zero-order chi connectivity index (χ0) is 11.4. The van der Waals surface area contributed by atoms with Crippen molar-refractivity contribution in [3.8, 4) is 0 Å². The van der Waals surface area contributed by atoms with Crippen molar-refractivity contribution < 1.29 is 0 Å². The number of rotatable bonds is 2. The molecule has 2 aliphatic heterocycles. The highest BCUT2D eigenvalue weighted by Gasteiger charge is 2.17. The second kappa shape index (κ2) is 5.64. The number of likely N-dealkylation sites (N-methyl/N-ethyl adjacent to an activating group) is 1. The largest absolute Gasteiger partial charge is 0.354 e. The van der Waals surface area contributed by atoms with Gasteiger partial charge >= 0.3 is 0 Å². The van der Waals surface area contributed by atoms with Crippen LogP contribution in [-0.2, 0) is 0 Å². The smallest absolute Gasteiger partial charge is 0.126 e. The molecule has 1 fully saturated rings. The maximum Gasteiger partial charge on any atom is 0.126 e. The lowest BCUT2D eigenvalue weighted by Crippen LogP contribution is -2.45. The number of piperazine rings is 1. The summed E-state index contributed by atoms with van der Waals surface area (Å²) in [6.45, 7) is 7.84. The number of aliphatic imine (C=N–C) groups is 1. The molecule has 0 aliphatic carbocycles. The number of allylic oxidation sites excluding steroid dienone is 3. The van der Waals surface area contributed by atoms with Gasteiger partial charge < -0.3 is 9.80 Å². The molecule has 0 aromatic carbocycles. The summed E-state index contributed by atoms with van der Waals surface area (Å²) in [4.78, 5) is 9.42. The first-order valence-electron chi connectivity index (χ1n) is 5.88. The van der Waals surface area contributed by atoms with Crippen LogP contribution >= 0.6 is 15.9 Å². The Kier molecular flexibility index (Phi) is 4.18. The summed E-state index contributed by atoms with van der Waals surface area (Å²) in [5.41, 5.74) is 0. The molecule has 0 aromatic rings. The van der Waals surface area contributed by atoms with Crippen LogP contribution in [0.3, 0.4) is 0 Å². The van der Waals surface area contributed by atoms with Gasteiger partial charge in [-0.2, -0.15) is 0 Å². The number of hydrogen-bond donors (Lipinski definition) is 0. The highest BCUT2D eigenvalue weighted by molar-refractivity contribution is 9.18. The van der Waals surface area contributed by atoms with Gasteiger partial charge in [0.15, 0.2) is 0 Å². The quantitative estimate of drug-likeness (QED) is 0.774.